The molecule has 3 rings (SSSR count). The Morgan fingerprint density at radius 1 is 1.13 bits per heavy atom. The molecule has 0 fully saturated rings. The number of aryl methyl sites for hydroxylation is 1. The van der Waals surface area contributed by atoms with Crippen molar-refractivity contribution >= 4 is 43.3 Å². The fourth-order valence-corrected chi connectivity index (χ4v) is 5.01. The standard InChI is InChI=1S/C21H22N2O5S2/c1-13(2)30(26,27)16-8-5-14(6-9-16)11-19(24)22-21-23(3)17-10-7-15(20(25)28-4)12-18(17)29-21/h5-10,12-13H,11H2,1-4H3. The molecule has 1 heterocycles. The zero-order chi connectivity index (χ0) is 22.1. The van der Waals surface area contributed by atoms with Crippen molar-refractivity contribution in [3.63, 3.8) is 0 Å². The summed E-state index contributed by atoms with van der Waals surface area (Å²) in [6.07, 6.45) is 0.0592. The smallest absolute Gasteiger partial charge is 0.337 e. The van der Waals surface area contributed by atoms with Crippen LogP contribution in [0.15, 0.2) is 52.4 Å². The number of carbonyl (C=O) groups is 2. The Morgan fingerprint density at radius 2 is 1.80 bits per heavy atom. The van der Waals surface area contributed by atoms with E-state index in [1.807, 2.05) is 0 Å². The third kappa shape index (κ3) is 4.36. The number of hydrogen-bond acceptors (Lipinski definition) is 6. The molecule has 0 unspecified atom stereocenters. The summed E-state index contributed by atoms with van der Waals surface area (Å²) in [7, 11) is -0.221. The molecule has 0 N–H and O–H groups in total. The Morgan fingerprint density at radius 3 is 2.40 bits per heavy atom. The van der Waals surface area contributed by atoms with Crippen molar-refractivity contribution in [3.8, 4) is 0 Å². The van der Waals surface area contributed by atoms with Crippen LogP contribution in [-0.4, -0.2) is 37.2 Å². The minimum atomic E-state index is -3.35. The van der Waals surface area contributed by atoms with Crippen LogP contribution in [0, 0.1) is 0 Å². The number of rotatable bonds is 5. The van der Waals surface area contributed by atoms with Crippen LogP contribution in [0.5, 0.6) is 0 Å². The Hall–Kier alpha value is -2.78. The number of nitrogens with zero attached hydrogens (tertiary/aromatic N) is 2. The minimum Gasteiger partial charge on any atom is -0.465 e. The molecule has 3 aromatic rings. The van der Waals surface area contributed by atoms with Gasteiger partial charge in [0.2, 0.25) is 0 Å². The number of hydrogen-bond donors (Lipinski definition) is 0. The third-order valence-corrected chi connectivity index (χ3v) is 7.94. The van der Waals surface area contributed by atoms with Gasteiger partial charge in [0.1, 0.15) is 0 Å². The zero-order valence-electron chi connectivity index (χ0n) is 17.1. The van der Waals surface area contributed by atoms with Crippen molar-refractivity contribution in [1.82, 2.24) is 4.57 Å². The Labute approximate surface area is 178 Å². The number of fused-ring (bicyclic) bond motifs is 1. The first-order valence-electron chi connectivity index (χ1n) is 9.21. The molecule has 0 spiro atoms. The number of ether oxygens (including phenoxy) is 1. The first-order valence-corrected chi connectivity index (χ1v) is 11.6. The first kappa shape index (κ1) is 21.9. The summed E-state index contributed by atoms with van der Waals surface area (Å²) in [5, 5.41) is -0.507. The molecule has 0 aliphatic rings. The van der Waals surface area contributed by atoms with E-state index in [4.69, 9.17) is 4.74 Å². The lowest BCUT2D eigenvalue weighted by Crippen LogP contribution is -2.15. The largest absolute Gasteiger partial charge is 0.465 e. The third-order valence-electron chi connectivity index (χ3n) is 4.68. The van der Waals surface area contributed by atoms with Crippen LogP contribution in [0.4, 0.5) is 0 Å². The van der Waals surface area contributed by atoms with Gasteiger partial charge in [0.25, 0.3) is 5.91 Å². The number of esters is 1. The number of amides is 1. The summed E-state index contributed by atoms with van der Waals surface area (Å²) in [6.45, 7) is 3.26. The number of carbonyl (C=O) groups excluding carboxylic acids is 2. The monoisotopic (exact) mass is 446 g/mol. The van der Waals surface area contributed by atoms with E-state index in [1.54, 1.807) is 55.8 Å². The summed E-state index contributed by atoms with van der Waals surface area (Å²) in [6, 6.07) is 11.5. The zero-order valence-corrected chi connectivity index (χ0v) is 18.7. The average molecular weight is 447 g/mol. The summed E-state index contributed by atoms with van der Waals surface area (Å²) in [5.41, 5.74) is 1.96. The maximum atomic E-state index is 12.5. The highest BCUT2D eigenvalue weighted by Gasteiger charge is 2.19. The van der Waals surface area contributed by atoms with Gasteiger partial charge in [-0.2, -0.15) is 4.99 Å². The second-order valence-electron chi connectivity index (χ2n) is 7.04. The highest BCUT2D eigenvalue weighted by atomic mass is 32.2. The van der Waals surface area contributed by atoms with Crippen LogP contribution in [0.2, 0.25) is 0 Å². The molecule has 30 heavy (non-hydrogen) atoms. The molecule has 1 amide bonds. The van der Waals surface area contributed by atoms with Gasteiger partial charge in [0.15, 0.2) is 14.6 Å². The van der Waals surface area contributed by atoms with Crippen molar-refractivity contribution in [3.05, 3.63) is 58.4 Å². The van der Waals surface area contributed by atoms with Crippen molar-refractivity contribution in [2.75, 3.05) is 7.11 Å². The average Bonchev–Trinajstić information content (AvgIpc) is 3.02. The van der Waals surface area contributed by atoms with Crippen molar-refractivity contribution in [1.29, 1.82) is 0 Å². The first-order chi connectivity index (χ1) is 14.1. The number of methoxy groups -OCH3 is 1. The predicted molar refractivity (Wildman–Crippen MR) is 115 cm³/mol. The summed E-state index contributed by atoms with van der Waals surface area (Å²) >= 11 is 1.30. The molecule has 7 nitrogen and oxygen atoms in total. The van der Waals surface area contributed by atoms with E-state index in [2.05, 4.69) is 4.99 Å². The SMILES string of the molecule is COC(=O)c1ccc2c(c1)sc(=NC(=O)Cc1ccc(S(=O)(=O)C(C)C)cc1)n2C. The molecular weight excluding hydrogens is 424 g/mol. The lowest BCUT2D eigenvalue weighted by atomic mass is 10.1. The van der Waals surface area contributed by atoms with E-state index < -0.39 is 21.1 Å². The normalized spacial score (nSPS) is 12.5. The van der Waals surface area contributed by atoms with E-state index in [9.17, 15) is 18.0 Å². The molecule has 0 saturated carbocycles. The number of benzene rings is 2. The van der Waals surface area contributed by atoms with Crippen LogP contribution in [-0.2, 0) is 32.8 Å². The second-order valence-corrected chi connectivity index (χ2v) is 10.6. The van der Waals surface area contributed by atoms with E-state index in [-0.39, 0.29) is 17.2 Å². The van der Waals surface area contributed by atoms with Gasteiger partial charge in [0, 0.05) is 7.05 Å². The van der Waals surface area contributed by atoms with E-state index in [1.165, 1.54) is 30.6 Å². The highest BCUT2D eigenvalue weighted by Crippen LogP contribution is 2.19. The van der Waals surface area contributed by atoms with Crippen LogP contribution in [0.25, 0.3) is 10.2 Å². The molecule has 0 atom stereocenters. The molecule has 9 heteroatoms. The van der Waals surface area contributed by atoms with Crippen LogP contribution in [0.3, 0.4) is 0 Å². The fourth-order valence-electron chi connectivity index (χ4n) is 2.88. The maximum Gasteiger partial charge on any atom is 0.337 e. The molecule has 0 bridgehead atoms. The number of aromatic nitrogens is 1. The van der Waals surface area contributed by atoms with Gasteiger partial charge in [-0.25, -0.2) is 13.2 Å². The Kier molecular flexibility index (Phi) is 6.23. The summed E-state index contributed by atoms with van der Waals surface area (Å²) in [4.78, 5) is 29.1. The number of sulfone groups is 1. The van der Waals surface area contributed by atoms with E-state index >= 15 is 0 Å². The van der Waals surface area contributed by atoms with Crippen molar-refractivity contribution in [2.24, 2.45) is 12.0 Å². The Balaban J connectivity index is 1.85. The van der Waals surface area contributed by atoms with Crippen molar-refractivity contribution < 1.29 is 22.7 Å². The molecule has 0 saturated heterocycles. The number of thiazole rings is 1. The van der Waals surface area contributed by atoms with Gasteiger partial charge < -0.3 is 9.30 Å². The quantitative estimate of drug-likeness (QED) is 0.562. The molecule has 1 aromatic heterocycles. The minimum absolute atomic E-state index is 0.0592. The molecular formula is C21H22N2O5S2. The topological polar surface area (TPSA) is 94.8 Å². The van der Waals surface area contributed by atoms with Gasteiger partial charge in [-0.1, -0.05) is 23.5 Å². The molecule has 0 aliphatic carbocycles. The molecule has 0 aliphatic heterocycles. The molecule has 158 valence electrons. The fraction of sp³-hybridized carbons (Fsp3) is 0.286. The lowest BCUT2D eigenvalue weighted by molar-refractivity contribution is -0.117. The van der Waals surface area contributed by atoms with Gasteiger partial charge >= 0.3 is 5.97 Å². The maximum absolute atomic E-state index is 12.5. The second kappa shape index (κ2) is 8.53. The predicted octanol–water partition coefficient (Wildman–Crippen LogP) is 2.88. The van der Waals surface area contributed by atoms with Crippen LogP contribution < -0.4 is 4.80 Å². The summed E-state index contributed by atoms with van der Waals surface area (Å²) < 4.78 is 31.7. The lowest BCUT2D eigenvalue weighted by Gasteiger charge is -2.08. The molecule has 0 radical (unpaired) electrons. The highest BCUT2D eigenvalue weighted by molar-refractivity contribution is 7.92. The van der Waals surface area contributed by atoms with Gasteiger partial charge in [-0.05, 0) is 49.7 Å². The van der Waals surface area contributed by atoms with Crippen LogP contribution in [0.1, 0.15) is 29.8 Å². The molecule has 2 aromatic carbocycles. The van der Waals surface area contributed by atoms with Gasteiger partial charge in [-0.3, -0.25) is 4.79 Å². The van der Waals surface area contributed by atoms with Gasteiger partial charge in [-0.15, -0.1) is 0 Å². The summed E-state index contributed by atoms with van der Waals surface area (Å²) in [5.74, 6) is -0.768. The van der Waals surface area contributed by atoms with Gasteiger partial charge in [0.05, 0.1) is 39.5 Å². The van der Waals surface area contributed by atoms with E-state index in [0.29, 0.717) is 15.9 Å². The van der Waals surface area contributed by atoms with E-state index in [0.717, 1.165) is 10.2 Å². The van der Waals surface area contributed by atoms with Crippen molar-refractivity contribution in [2.45, 2.75) is 30.4 Å². The van der Waals surface area contributed by atoms with Crippen LogP contribution >= 0.6 is 11.3 Å². The Bertz CT molecular complexity index is 1280.